The first-order chi connectivity index (χ1) is 16.0. The summed E-state index contributed by atoms with van der Waals surface area (Å²) in [5.74, 6) is 0.336. The fraction of sp³-hybridized carbons (Fsp3) is 0.594. The van der Waals surface area contributed by atoms with Gasteiger partial charge in [0.15, 0.2) is 5.78 Å². The van der Waals surface area contributed by atoms with Crippen molar-refractivity contribution >= 4 is 5.78 Å². The van der Waals surface area contributed by atoms with Gasteiger partial charge in [-0.05, 0) is 77.5 Å². The maximum Gasteiger partial charge on any atom is 0.167 e. The summed E-state index contributed by atoms with van der Waals surface area (Å²) in [6, 6.07) is 9.48. The van der Waals surface area contributed by atoms with Crippen molar-refractivity contribution in [3.8, 4) is 0 Å². The molecule has 2 aromatic rings. The van der Waals surface area contributed by atoms with E-state index in [-0.39, 0.29) is 0 Å². The van der Waals surface area contributed by atoms with E-state index in [9.17, 15) is 4.79 Å². The molecule has 0 heterocycles. The quantitative estimate of drug-likeness (QED) is 0.249. The number of rotatable bonds is 15. The van der Waals surface area contributed by atoms with Gasteiger partial charge in [-0.15, -0.1) is 0 Å². The van der Waals surface area contributed by atoms with Crippen LogP contribution < -0.4 is 0 Å². The van der Waals surface area contributed by atoms with E-state index < -0.39 is 0 Å². The molecule has 0 atom stereocenters. The summed E-state index contributed by atoms with van der Waals surface area (Å²) < 4.78 is 0. The maximum absolute atomic E-state index is 14.0. The van der Waals surface area contributed by atoms with Crippen LogP contribution in [0.1, 0.15) is 129 Å². The lowest BCUT2D eigenvalue weighted by Gasteiger charge is -2.20. The second-order valence-electron chi connectivity index (χ2n) is 9.78. The molecule has 0 aliphatic heterocycles. The lowest BCUT2D eigenvalue weighted by atomic mass is 9.84. The number of ketones is 1. The van der Waals surface area contributed by atoms with Gasteiger partial charge in [-0.3, -0.25) is 4.79 Å². The normalized spacial score (nSPS) is 11.2. The van der Waals surface area contributed by atoms with Crippen molar-refractivity contribution in [1.82, 2.24) is 0 Å². The van der Waals surface area contributed by atoms with Crippen LogP contribution in [0, 0.1) is 0 Å². The van der Waals surface area contributed by atoms with Crippen LogP contribution in [0.25, 0.3) is 0 Å². The Morgan fingerprint density at radius 3 is 1.21 bits per heavy atom. The van der Waals surface area contributed by atoms with Crippen LogP contribution in [0.2, 0.25) is 0 Å². The highest BCUT2D eigenvalue weighted by atomic mass is 16.1. The highest BCUT2D eigenvalue weighted by Crippen LogP contribution is 2.28. The van der Waals surface area contributed by atoms with E-state index in [1.165, 1.54) is 45.4 Å². The molecule has 0 N–H and O–H groups in total. The highest BCUT2D eigenvalue weighted by molar-refractivity contribution is 6.00. The van der Waals surface area contributed by atoms with Crippen molar-refractivity contribution < 1.29 is 4.79 Å². The fourth-order valence-corrected chi connectivity index (χ4v) is 5.33. The molecule has 0 aromatic heterocycles. The summed E-state index contributed by atoms with van der Waals surface area (Å²) in [5, 5.41) is 0. The van der Waals surface area contributed by atoms with E-state index in [1.807, 2.05) is 0 Å². The SMILES string of the molecule is CCCc1cc(CCC)c(CC(=O)c2c(CCC)cc(CCC)cc2CCC)c(CCC)c1. The summed E-state index contributed by atoms with van der Waals surface area (Å²) in [6.45, 7) is 13.5. The molecule has 0 aliphatic rings. The number of carbonyl (C=O) groups excluding carboxylic acids is 1. The van der Waals surface area contributed by atoms with Crippen LogP contribution in [0.15, 0.2) is 24.3 Å². The van der Waals surface area contributed by atoms with Crippen molar-refractivity contribution in [3.63, 3.8) is 0 Å². The Balaban J connectivity index is 2.57. The summed E-state index contributed by atoms with van der Waals surface area (Å²) in [5.41, 5.74) is 10.6. The zero-order valence-electron chi connectivity index (χ0n) is 22.4. The zero-order chi connectivity index (χ0) is 24.2. The predicted octanol–water partition coefficient (Wildman–Crippen LogP) is 8.83. The topological polar surface area (TPSA) is 17.1 Å². The largest absolute Gasteiger partial charge is 0.294 e. The first-order valence-electron chi connectivity index (χ1n) is 13.8. The summed E-state index contributed by atoms with van der Waals surface area (Å²) in [4.78, 5) is 14.0. The molecule has 0 fully saturated rings. The van der Waals surface area contributed by atoms with E-state index in [4.69, 9.17) is 0 Å². The van der Waals surface area contributed by atoms with Crippen LogP contribution in [0.4, 0.5) is 0 Å². The summed E-state index contributed by atoms with van der Waals surface area (Å²) in [6.07, 6.45) is 13.6. The lowest BCUT2D eigenvalue weighted by Crippen LogP contribution is -2.15. The van der Waals surface area contributed by atoms with Gasteiger partial charge in [0, 0.05) is 12.0 Å². The number of aryl methyl sites for hydroxylation is 6. The van der Waals surface area contributed by atoms with Crippen molar-refractivity contribution in [3.05, 3.63) is 68.8 Å². The van der Waals surface area contributed by atoms with Gasteiger partial charge in [0.05, 0.1) is 0 Å². The Kier molecular flexibility index (Phi) is 11.9. The predicted molar refractivity (Wildman–Crippen MR) is 145 cm³/mol. The molecule has 0 aliphatic carbocycles. The average molecular weight is 449 g/mol. The van der Waals surface area contributed by atoms with Gasteiger partial charge in [0.25, 0.3) is 0 Å². The third-order valence-corrected chi connectivity index (χ3v) is 6.63. The molecular weight excluding hydrogens is 400 g/mol. The molecule has 0 spiro atoms. The number of hydrogen-bond acceptors (Lipinski definition) is 1. The second-order valence-corrected chi connectivity index (χ2v) is 9.78. The van der Waals surface area contributed by atoms with Gasteiger partial charge in [0.2, 0.25) is 0 Å². The molecule has 0 radical (unpaired) electrons. The molecule has 182 valence electrons. The van der Waals surface area contributed by atoms with Gasteiger partial charge >= 0.3 is 0 Å². The minimum Gasteiger partial charge on any atom is -0.294 e. The molecular formula is C32H48O. The van der Waals surface area contributed by atoms with Gasteiger partial charge in [-0.2, -0.15) is 0 Å². The molecule has 33 heavy (non-hydrogen) atoms. The van der Waals surface area contributed by atoms with Crippen LogP contribution >= 0.6 is 0 Å². The zero-order valence-corrected chi connectivity index (χ0v) is 22.4. The standard InChI is InChI=1S/C32H48O/c1-7-13-24-19-26(15-9-3)30(27(20-24)16-10-4)23-31(33)32-28(17-11-5)21-25(14-8-2)22-29(32)18-12-6/h19-22H,7-18,23H2,1-6H3. The minimum absolute atomic E-state index is 0.336. The van der Waals surface area contributed by atoms with Crippen molar-refractivity contribution in [2.24, 2.45) is 0 Å². The Hall–Kier alpha value is -1.89. The maximum atomic E-state index is 14.0. The van der Waals surface area contributed by atoms with Crippen molar-refractivity contribution in [1.29, 1.82) is 0 Å². The van der Waals surface area contributed by atoms with E-state index in [2.05, 4.69) is 65.8 Å². The minimum atomic E-state index is 0.336. The first kappa shape index (κ1) is 27.4. The molecule has 0 saturated heterocycles. The van der Waals surface area contributed by atoms with Gasteiger partial charge < -0.3 is 0 Å². The second kappa shape index (κ2) is 14.4. The van der Waals surface area contributed by atoms with Gasteiger partial charge in [-0.25, -0.2) is 0 Å². The van der Waals surface area contributed by atoms with Crippen LogP contribution in [-0.2, 0) is 44.9 Å². The number of carbonyl (C=O) groups is 1. The smallest absolute Gasteiger partial charge is 0.167 e. The molecule has 1 heteroatoms. The third-order valence-electron chi connectivity index (χ3n) is 6.63. The Bertz CT molecular complexity index is 835. The van der Waals surface area contributed by atoms with Crippen molar-refractivity contribution in [2.45, 2.75) is 125 Å². The average Bonchev–Trinajstić information content (AvgIpc) is 2.77. The molecule has 2 aromatic carbocycles. The summed E-state index contributed by atoms with van der Waals surface area (Å²) >= 11 is 0. The van der Waals surface area contributed by atoms with Gasteiger partial charge in [0.1, 0.15) is 0 Å². The third kappa shape index (κ3) is 7.56. The monoisotopic (exact) mass is 448 g/mol. The number of Topliss-reactive ketones (excluding diaryl/α,β-unsaturated/α-hetero) is 1. The van der Waals surface area contributed by atoms with Crippen molar-refractivity contribution in [2.75, 3.05) is 0 Å². The highest BCUT2D eigenvalue weighted by Gasteiger charge is 2.21. The Labute approximate surface area is 204 Å². The number of hydrogen-bond donors (Lipinski definition) is 0. The first-order valence-corrected chi connectivity index (χ1v) is 13.8. The lowest BCUT2D eigenvalue weighted by molar-refractivity contribution is 0.0990. The van der Waals surface area contributed by atoms with E-state index in [0.717, 1.165) is 76.2 Å². The number of benzene rings is 2. The molecule has 0 unspecified atom stereocenters. The van der Waals surface area contributed by atoms with Crippen LogP contribution in [-0.4, -0.2) is 5.78 Å². The van der Waals surface area contributed by atoms with Gasteiger partial charge in [-0.1, -0.05) is 104 Å². The Morgan fingerprint density at radius 1 is 0.515 bits per heavy atom. The van der Waals surface area contributed by atoms with Crippen LogP contribution in [0.3, 0.4) is 0 Å². The molecule has 1 nitrogen and oxygen atoms in total. The molecule has 0 bridgehead atoms. The fourth-order valence-electron chi connectivity index (χ4n) is 5.33. The summed E-state index contributed by atoms with van der Waals surface area (Å²) in [7, 11) is 0. The molecule has 0 saturated carbocycles. The van der Waals surface area contributed by atoms with E-state index in [0.29, 0.717) is 12.2 Å². The van der Waals surface area contributed by atoms with E-state index >= 15 is 0 Å². The van der Waals surface area contributed by atoms with E-state index in [1.54, 1.807) is 0 Å². The molecule has 0 amide bonds. The Morgan fingerprint density at radius 2 is 0.848 bits per heavy atom. The molecule has 2 rings (SSSR count). The van der Waals surface area contributed by atoms with Crippen LogP contribution in [0.5, 0.6) is 0 Å².